The van der Waals surface area contributed by atoms with Crippen LogP contribution >= 0.6 is 11.3 Å². The Morgan fingerprint density at radius 2 is 2.14 bits per heavy atom. The van der Waals surface area contributed by atoms with Crippen molar-refractivity contribution in [3.05, 3.63) is 51.2 Å². The minimum Gasteiger partial charge on any atom is -0.477 e. The van der Waals surface area contributed by atoms with Crippen LogP contribution in [0.25, 0.3) is 0 Å². The first kappa shape index (κ1) is 13.7. The van der Waals surface area contributed by atoms with E-state index in [-0.39, 0.29) is 4.88 Å². The lowest BCUT2D eigenvalue weighted by Crippen LogP contribution is -2.22. The molecule has 4 nitrogen and oxygen atoms in total. The molecule has 2 aromatic rings. The van der Waals surface area contributed by atoms with E-state index < -0.39 is 17.6 Å². The highest BCUT2D eigenvalue weighted by atomic mass is 32.1. The molecular formula is C14H10F2N2O2S. The van der Waals surface area contributed by atoms with Crippen molar-refractivity contribution >= 4 is 29.3 Å². The maximum absolute atomic E-state index is 13.2. The van der Waals surface area contributed by atoms with Crippen LogP contribution in [0.4, 0.5) is 14.5 Å². The fraction of sp³-hybridized carbons (Fsp3) is 0.143. The number of aromatic carboxylic acids is 1. The molecule has 1 N–H and O–H groups in total. The number of hydrogen-bond donors (Lipinski definition) is 1. The van der Waals surface area contributed by atoms with Gasteiger partial charge in [0.2, 0.25) is 0 Å². The van der Waals surface area contributed by atoms with Crippen LogP contribution in [-0.4, -0.2) is 22.3 Å². The van der Waals surface area contributed by atoms with Gasteiger partial charge in [0.1, 0.15) is 4.88 Å². The molecule has 0 bridgehead atoms. The van der Waals surface area contributed by atoms with Gasteiger partial charge in [-0.3, -0.25) is 0 Å². The molecule has 2 heterocycles. The Balaban J connectivity index is 1.76. The van der Waals surface area contributed by atoms with Crippen molar-refractivity contribution in [2.45, 2.75) is 13.1 Å². The zero-order chi connectivity index (χ0) is 15.0. The van der Waals surface area contributed by atoms with Gasteiger partial charge in [-0.1, -0.05) is 6.07 Å². The van der Waals surface area contributed by atoms with Crippen LogP contribution in [0.15, 0.2) is 29.3 Å². The molecule has 0 saturated heterocycles. The van der Waals surface area contributed by atoms with E-state index >= 15 is 0 Å². The van der Waals surface area contributed by atoms with Gasteiger partial charge < -0.3 is 10.0 Å². The molecule has 0 aliphatic carbocycles. The zero-order valence-electron chi connectivity index (χ0n) is 10.7. The van der Waals surface area contributed by atoms with Crippen molar-refractivity contribution in [3.63, 3.8) is 0 Å². The fourth-order valence-corrected chi connectivity index (χ4v) is 3.06. The Bertz CT molecular complexity index is 743. The molecule has 0 unspecified atom stereocenters. The maximum atomic E-state index is 13.2. The largest absolute Gasteiger partial charge is 0.477 e. The molecule has 0 radical (unpaired) electrons. The molecule has 0 saturated carbocycles. The van der Waals surface area contributed by atoms with Crippen LogP contribution in [0.3, 0.4) is 0 Å². The summed E-state index contributed by atoms with van der Waals surface area (Å²) in [4.78, 5) is 18.0. The van der Waals surface area contributed by atoms with Crippen LogP contribution in [0.5, 0.6) is 0 Å². The normalized spacial score (nSPS) is 13.3. The van der Waals surface area contributed by atoms with E-state index in [1.54, 1.807) is 6.34 Å². The van der Waals surface area contributed by atoms with Crippen molar-refractivity contribution in [1.29, 1.82) is 0 Å². The van der Waals surface area contributed by atoms with Gasteiger partial charge in [0.05, 0.1) is 23.4 Å². The van der Waals surface area contributed by atoms with Gasteiger partial charge in [0.15, 0.2) is 11.6 Å². The first-order chi connectivity index (χ1) is 10.0. The second-order valence-electron chi connectivity index (χ2n) is 4.62. The number of carboxylic acids is 1. The van der Waals surface area contributed by atoms with Crippen LogP contribution in [0.2, 0.25) is 0 Å². The topological polar surface area (TPSA) is 52.9 Å². The molecule has 1 aromatic heterocycles. The summed E-state index contributed by atoms with van der Waals surface area (Å²) in [6.07, 6.45) is 1.59. The summed E-state index contributed by atoms with van der Waals surface area (Å²) < 4.78 is 26.1. The highest BCUT2D eigenvalue weighted by Crippen LogP contribution is 2.33. The van der Waals surface area contributed by atoms with Crippen LogP contribution in [-0.2, 0) is 13.1 Å². The van der Waals surface area contributed by atoms with E-state index in [4.69, 9.17) is 5.11 Å². The average molecular weight is 308 g/mol. The Labute approximate surface area is 123 Å². The lowest BCUT2D eigenvalue weighted by Gasteiger charge is -2.22. The molecular weight excluding hydrogens is 298 g/mol. The number of nitrogens with zero attached hydrogens (tertiary/aromatic N) is 2. The number of fused-ring (bicyclic) bond motifs is 1. The second kappa shape index (κ2) is 5.25. The first-order valence-corrected chi connectivity index (χ1v) is 6.93. The maximum Gasteiger partial charge on any atom is 0.345 e. The SMILES string of the molecule is O=C(O)c1cc2c(s1)CN(Cc1ccc(F)c(F)c1)C=N2. The molecule has 108 valence electrons. The van der Waals surface area contributed by atoms with Crippen LogP contribution in [0, 0.1) is 11.6 Å². The summed E-state index contributed by atoms with van der Waals surface area (Å²) in [6.45, 7) is 0.871. The molecule has 1 aliphatic heterocycles. The number of thiophene rings is 1. The number of rotatable bonds is 3. The van der Waals surface area contributed by atoms with Crippen LogP contribution in [0.1, 0.15) is 20.1 Å². The quantitative estimate of drug-likeness (QED) is 0.945. The van der Waals surface area contributed by atoms with Crippen molar-refractivity contribution in [2.24, 2.45) is 4.99 Å². The number of carbonyl (C=O) groups is 1. The predicted octanol–water partition coefficient (Wildman–Crippen LogP) is 3.40. The third-order valence-electron chi connectivity index (χ3n) is 3.07. The van der Waals surface area contributed by atoms with Gasteiger partial charge in [0, 0.05) is 6.54 Å². The molecule has 0 atom stereocenters. The molecule has 7 heteroatoms. The summed E-state index contributed by atoms with van der Waals surface area (Å²) in [7, 11) is 0. The van der Waals surface area contributed by atoms with Gasteiger partial charge in [0.25, 0.3) is 0 Å². The van der Waals surface area contributed by atoms with Gasteiger partial charge in [-0.25, -0.2) is 18.6 Å². The summed E-state index contributed by atoms with van der Waals surface area (Å²) in [6, 6.07) is 5.28. The minimum absolute atomic E-state index is 0.242. The van der Waals surface area contributed by atoms with Gasteiger partial charge in [-0.15, -0.1) is 11.3 Å². The first-order valence-electron chi connectivity index (χ1n) is 6.11. The molecule has 3 rings (SSSR count). The Hall–Kier alpha value is -2.28. The summed E-state index contributed by atoms with van der Waals surface area (Å²) in [5, 5.41) is 8.96. The van der Waals surface area contributed by atoms with Gasteiger partial charge in [-0.05, 0) is 23.8 Å². The zero-order valence-corrected chi connectivity index (χ0v) is 11.5. The van der Waals surface area contributed by atoms with Crippen molar-refractivity contribution < 1.29 is 18.7 Å². The number of aliphatic imine (C=N–C) groups is 1. The monoisotopic (exact) mass is 308 g/mol. The van der Waals surface area contributed by atoms with E-state index in [0.717, 1.165) is 17.0 Å². The van der Waals surface area contributed by atoms with E-state index in [1.165, 1.54) is 23.5 Å². The van der Waals surface area contributed by atoms with Crippen LogP contribution < -0.4 is 0 Å². The predicted molar refractivity (Wildman–Crippen MR) is 75.0 cm³/mol. The third kappa shape index (κ3) is 2.78. The smallest absolute Gasteiger partial charge is 0.345 e. The summed E-state index contributed by atoms with van der Waals surface area (Å²) in [5.74, 6) is -2.74. The third-order valence-corrected chi connectivity index (χ3v) is 4.17. The van der Waals surface area contributed by atoms with Gasteiger partial charge >= 0.3 is 5.97 Å². The van der Waals surface area contributed by atoms with E-state index in [0.29, 0.717) is 24.3 Å². The van der Waals surface area contributed by atoms with E-state index in [2.05, 4.69) is 4.99 Å². The standard InChI is InChI=1S/C14H10F2N2O2S/c15-9-2-1-8(3-10(9)16)5-18-6-13-11(17-7-18)4-12(21-13)14(19)20/h1-4,7H,5-6H2,(H,19,20). The molecule has 1 aliphatic rings. The number of carboxylic acid groups (broad SMARTS) is 1. The van der Waals surface area contributed by atoms with Gasteiger partial charge in [-0.2, -0.15) is 0 Å². The highest BCUT2D eigenvalue weighted by molar-refractivity contribution is 7.14. The Kier molecular flexibility index (Phi) is 3.42. The second-order valence-corrected chi connectivity index (χ2v) is 5.76. The molecule has 1 aromatic carbocycles. The van der Waals surface area contributed by atoms with E-state index in [9.17, 15) is 13.6 Å². The Morgan fingerprint density at radius 3 is 2.86 bits per heavy atom. The number of hydrogen-bond acceptors (Lipinski definition) is 4. The number of halogens is 2. The van der Waals surface area contributed by atoms with Crippen molar-refractivity contribution in [2.75, 3.05) is 0 Å². The summed E-state index contributed by atoms with van der Waals surface area (Å²) in [5.41, 5.74) is 1.28. The fourth-order valence-electron chi connectivity index (χ4n) is 2.09. The molecule has 0 amide bonds. The highest BCUT2D eigenvalue weighted by Gasteiger charge is 2.18. The lowest BCUT2D eigenvalue weighted by molar-refractivity contribution is 0.0702. The summed E-state index contributed by atoms with van der Waals surface area (Å²) >= 11 is 1.17. The van der Waals surface area contributed by atoms with E-state index in [1.807, 2.05) is 4.90 Å². The van der Waals surface area contributed by atoms with Crippen molar-refractivity contribution in [3.8, 4) is 0 Å². The van der Waals surface area contributed by atoms with Crippen molar-refractivity contribution in [1.82, 2.24) is 4.90 Å². The molecule has 0 fully saturated rings. The lowest BCUT2D eigenvalue weighted by atomic mass is 10.2. The molecule has 21 heavy (non-hydrogen) atoms. The number of benzene rings is 1. The minimum atomic E-state index is -0.975. The Morgan fingerprint density at radius 1 is 1.33 bits per heavy atom. The average Bonchev–Trinajstić information content (AvgIpc) is 2.86. The molecule has 0 spiro atoms.